The van der Waals surface area contributed by atoms with Crippen molar-refractivity contribution in [2.24, 2.45) is 0 Å². The summed E-state index contributed by atoms with van der Waals surface area (Å²) < 4.78 is 5.18. The second-order valence-corrected chi connectivity index (χ2v) is 4.21. The molecule has 14 heavy (non-hydrogen) atoms. The van der Waals surface area contributed by atoms with Crippen LogP contribution >= 0.6 is 11.3 Å². The minimum atomic E-state index is 0.254. The fourth-order valence-corrected chi connectivity index (χ4v) is 2.00. The number of nitrogens with zero attached hydrogens (tertiary/aromatic N) is 1. The average molecular weight is 214 g/mol. The molecule has 2 unspecified atom stereocenters. The number of ether oxygens (including phenoxy) is 1. The predicted molar refractivity (Wildman–Crippen MR) is 59.6 cm³/mol. The van der Waals surface area contributed by atoms with Crippen molar-refractivity contribution in [1.82, 2.24) is 10.3 Å². The van der Waals surface area contributed by atoms with Gasteiger partial charge in [0.25, 0.3) is 0 Å². The SMILES string of the molecule is CCC(NCC(C)OC)c1nccs1. The highest BCUT2D eigenvalue weighted by atomic mass is 32.1. The summed E-state index contributed by atoms with van der Waals surface area (Å²) in [5.41, 5.74) is 0. The molecule has 2 atom stereocenters. The molecule has 0 saturated heterocycles. The molecule has 0 aliphatic carbocycles. The summed E-state index contributed by atoms with van der Waals surface area (Å²) in [4.78, 5) is 4.31. The molecule has 0 aromatic carbocycles. The number of rotatable bonds is 6. The van der Waals surface area contributed by atoms with E-state index in [2.05, 4.69) is 24.1 Å². The van der Waals surface area contributed by atoms with Crippen molar-refractivity contribution in [3.05, 3.63) is 16.6 Å². The quantitative estimate of drug-likeness (QED) is 0.788. The lowest BCUT2D eigenvalue weighted by atomic mass is 10.2. The van der Waals surface area contributed by atoms with Gasteiger partial charge in [0.2, 0.25) is 0 Å². The van der Waals surface area contributed by atoms with E-state index in [1.165, 1.54) is 0 Å². The van der Waals surface area contributed by atoms with Crippen LogP contribution in [0, 0.1) is 0 Å². The summed E-state index contributed by atoms with van der Waals surface area (Å²) in [7, 11) is 1.73. The normalized spacial score (nSPS) is 15.4. The zero-order valence-corrected chi connectivity index (χ0v) is 9.80. The minimum Gasteiger partial charge on any atom is -0.380 e. The molecular formula is C10H18N2OS. The molecular weight excluding hydrogens is 196 g/mol. The highest BCUT2D eigenvalue weighted by Gasteiger charge is 2.11. The van der Waals surface area contributed by atoms with E-state index in [4.69, 9.17) is 4.74 Å². The number of hydrogen-bond acceptors (Lipinski definition) is 4. The smallest absolute Gasteiger partial charge is 0.109 e. The topological polar surface area (TPSA) is 34.1 Å². The summed E-state index contributed by atoms with van der Waals surface area (Å²) in [6, 6.07) is 0.368. The van der Waals surface area contributed by atoms with E-state index in [9.17, 15) is 0 Å². The molecule has 0 bridgehead atoms. The van der Waals surface area contributed by atoms with E-state index >= 15 is 0 Å². The standard InChI is InChI=1S/C10H18N2OS/c1-4-9(10-11-5-6-14-10)12-7-8(2)13-3/h5-6,8-9,12H,4,7H2,1-3H3. The second-order valence-electron chi connectivity index (χ2n) is 3.29. The Morgan fingerprint density at radius 2 is 2.43 bits per heavy atom. The van der Waals surface area contributed by atoms with Gasteiger partial charge < -0.3 is 10.1 Å². The van der Waals surface area contributed by atoms with Crippen LogP contribution in [0.3, 0.4) is 0 Å². The van der Waals surface area contributed by atoms with Crippen LogP contribution in [0.15, 0.2) is 11.6 Å². The van der Waals surface area contributed by atoms with Gasteiger partial charge in [-0.15, -0.1) is 11.3 Å². The third kappa shape index (κ3) is 3.36. The molecule has 0 aliphatic rings. The Balaban J connectivity index is 2.40. The lowest BCUT2D eigenvalue weighted by Gasteiger charge is -2.17. The van der Waals surface area contributed by atoms with E-state index in [0.29, 0.717) is 6.04 Å². The van der Waals surface area contributed by atoms with Crippen molar-refractivity contribution in [2.75, 3.05) is 13.7 Å². The van der Waals surface area contributed by atoms with Crippen molar-refractivity contribution in [2.45, 2.75) is 32.4 Å². The molecule has 0 aliphatic heterocycles. The number of nitrogens with one attached hydrogen (secondary N) is 1. The molecule has 0 saturated carbocycles. The molecule has 4 heteroatoms. The van der Waals surface area contributed by atoms with Crippen LogP contribution in [-0.4, -0.2) is 24.7 Å². The Morgan fingerprint density at radius 3 is 2.93 bits per heavy atom. The number of aromatic nitrogens is 1. The van der Waals surface area contributed by atoms with E-state index in [0.717, 1.165) is 18.0 Å². The zero-order valence-electron chi connectivity index (χ0n) is 8.99. The van der Waals surface area contributed by atoms with E-state index in [1.807, 2.05) is 11.6 Å². The van der Waals surface area contributed by atoms with Gasteiger partial charge in [0.1, 0.15) is 5.01 Å². The average Bonchev–Trinajstić information content (AvgIpc) is 2.72. The molecule has 3 nitrogen and oxygen atoms in total. The van der Waals surface area contributed by atoms with Crippen LogP contribution in [0.25, 0.3) is 0 Å². The van der Waals surface area contributed by atoms with E-state index in [-0.39, 0.29) is 6.10 Å². The molecule has 0 fully saturated rings. The Kier molecular flexibility index (Phi) is 5.07. The molecule has 0 radical (unpaired) electrons. The lowest BCUT2D eigenvalue weighted by molar-refractivity contribution is 0.114. The van der Waals surface area contributed by atoms with Crippen molar-refractivity contribution in [3.63, 3.8) is 0 Å². The first-order valence-electron chi connectivity index (χ1n) is 4.93. The summed E-state index contributed by atoms with van der Waals surface area (Å²) in [6.07, 6.45) is 3.16. The van der Waals surface area contributed by atoms with Gasteiger partial charge in [0.15, 0.2) is 0 Å². The number of thiazole rings is 1. The summed E-state index contributed by atoms with van der Waals surface area (Å²) >= 11 is 1.70. The second kappa shape index (κ2) is 6.11. The molecule has 80 valence electrons. The molecule has 1 rings (SSSR count). The highest BCUT2D eigenvalue weighted by molar-refractivity contribution is 7.09. The minimum absolute atomic E-state index is 0.254. The van der Waals surface area contributed by atoms with Gasteiger partial charge in [0.05, 0.1) is 12.1 Å². The van der Waals surface area contributed by atoms with Crippen LogP contribution in [0.1, 0.15) is 31.3 Å². The number of hydrogen-bond donors (Lipinski definition) is 1. The fourth-order valence-electron chi connectivity index (χ4n) is 1.20. The van der Waals surface area contributed by atoms with Gasteiger partial charge in [-0.25, -0.2) is 4.98 Å². The summed E-state index contributed by atoms with van der Waals surface area (Å²) in [5, 5.41) is 6.62. The third-order valence-corrected chi connectivity index (χ3v) is 3.10. The Bertz CT molecular complexity index is 238. The highest BCUT2D eigenvalue weighted by Crippen LogP contribution is 2.18. The molecule has 1 heterocycles. The third-order valence-electron chi connectivity index (χ3n) is 2.21. The van der Waals surface area contributed by atoms with Crippen LogP contribution in [0.4, 0.5) is 0 Å². The Labute approximate surface area is 89.5 Å². The molecule has 0 spiro atoms. The Morgan fingerprint density at radius 1 is 1.64 bits per heavy atom. The van der Waals surface area contributed by atoms with Crippen LogP contribution < -0.4 is 5.32 Å². The van der Waals surface area contributed by atoms with E-state index in [1.54, 1.807) is 18.4 Å². The van der Waals surface area contributed by atoms with Crippen molar-refractivity contribution < 1.29 is 4.74 Å². The van der Waals surface area contributed by atoms with E-state index < -0.39 is 0 Å². The summed E-state index contributed by atoms with van der Waals surface area (Å²) in [6.45, 7) is 5.09. The van der Waals surface area contributed by atoms with Crippen molar-refractivity contribution in [1.29, 1.82) is 0 Å². The van der Waals surface area contributed by atoms with Gasteiger partial charge >= 0.3 is 0 Å². The first-order chi connectivity index (χ1) is 6.77. The first kappa shape index (κ1) is 11.6. The fraction of sp³-hybridized carbons (Fsp3) is 0.700. The van der Waals surface area contributed by atoms with Gasteiger partial charge in [0, 0.05) is 25.2 Å². The van der Waals surface area contributed by atoms with Gasteiger partial charge in [-0.2, -0.15) is 0 Å². The summed E-state index contributed by atoms with van der Waals surface area (Å²) in [5.74, 6) is 0. The molecule has 1 N–H and O–H groups in total. The monoisotopic (exact) mass is 214 g/mol. The molecule has 0 amide bonds. The van der Waals surface area contributed by atoms with Gasteiger partial charge in [-0.3, -0.25) is 0 Å². The maximum Gasteiger partial charge on any atom is 0.109 e. The zero-order chi connectivity index (χ0) is 10.4. The predicted octanol–water partition coefficient (Wildman–Crippen LogP) is 2.22. The van der Waals surface area contributed by atoms with Crippen LogP contribution in [0.2, 0.25) is 0 Å². The largest absolute Gasteiger partial charge is 0.380 e. The maximum atomic E-state index is 5.18. The maximum absolute atomic E-state index is 5.18. The lowest BCUT2D eigenvalue weighted by Crippen LogP contribution is -2.29. The van der Waals surface area contributed by atoms with Crippen LogP contribution in [-0.2, 0) is 4.74 Å². The van der Waals surface area contributed by atoms with Gasteiger partial charge in [-0.05, 0) is 13.3 Å². The number of methoxy groups -OCH3 is 1. The van der Waals surface area contributed by atoms with Crippen molar-refractivity contribution in [3.8, 4) is 0 Å². The molecule has 1 aromatic heterocycles. The molecule has 1 aromatic rings. The first-order valence-corrected chi connectivity index (χ1v) is 5.81. The van der Waals surface area contributed by atoms with Crippen molar-refractivity contribution >= 4 is 11.3 Å². The van der Waals surface area contributed by atoms with Crippen LogP contribution in [0.5, 0.6) is 0 Å². The van der Waals surface area contributed by atoms with Gasteiger partial charge in [-0.1, -0.05) is 6.92 Å². The Hall–Kier alpha value is -0.450.